The highest BCUT2D eigenvalue weighted by atomic mass is 15.3. The molecule has 0 spiro atoms. The Bertz CT molecular complexity index is 1220. The molecule has 0 aliphatic carbocycles. The number of nitriles is 1. The molecular weight excluding hydrogens is 410 g/mol. The second kappa shape index (κ2) is 8.95. The largest absolute Gasteiger partial charge is 0.362 e. The van der Waals surface area contributed by atoms with E-state index in [0.29, 0.717) is 11.6 Å². The Balaban J connectivity index is 1.46. The van der Waals surface area contributed by atoms with Gasteiger partial charge in [0.15, 0.2) is 5.82 Å². The molecule has 2 aliphatic rings. The van der Waals surface area contributed by atoms with Gasteiger partial charge in [0, 0.05) is 42.6 Å². The van der Waals surface area contributed by atoms with Gasteiger partial charge in [-0.1, -0.05) is 18.6 Å². The molecule has 5 rings (SSSR count). The zero-order valence-corrected chi connectivity index (χ0v) is 19.7. The van der Waals surface area contributed by atoms with Crippen molar-refractivity contribution in [2.24, 2.45) is 0 Å². The number of aryl methyl sites for hydroxylation is 1. The Morgan fingerprint density at radius 2 is 2.00 bits per heavy atom. The molecule has 2 atom stereocenters. The molecule has 0 radical (unpaired) electrons. The fourth-order valence-electron chi connectivity index (χ4n) is 5.33. The molecule has 0 bridgehead atoms. The fourth-order valence-corrected chi connectivity index (χ4v) is 5.33. The monoisotopic (exact) mass is 441 g/mol. The maximum absolute atomic E-state index is 9.41. The van der Waals surface area contributed by atoms with E-state index in [2.05, 4.69) is 50.4 Å². The van der Waals surface area contributed by atoms with Gasteiger partial charge in [-0.05, 0) is 63.4 Å². The predicted octanol–water partition coefficient (Wildman–Crippen LogP) is 4.36. The molecule has 3 aromatic rings. The summed E-state index contributed by atoms with van der Waals surface area (Å²) in [5.74, 6) is 1.77. The Morgan fingerprint density at radius 1 is 1.12 bits per heavy atom. The Morgan fingerprint density at radius 3 is 2.85 bits per heavy atom. The Labute approximate surface area is 195 Å². The van der Waals surface area contributed by atoms with Gasteiger partial charge in [-0.2, -0.15) is 10.4 Å². The zero-order chi connectivity index (χ0) is 22.9. The Hall–Kier alpha value is -3.24. The zero-order valence-electron chi connectivity index (χ0n) is 19.7. The number of hydrogen-bond acceptors (Lipinski definition) is 7. The quantitative estimate of drug-likeness (QED) is 0.644. The summed E-state index contributed by atoms with van der Waals surface area (Å²) in [6.45, 7) is 10.5. The van der Waals surface area contributed by atoms with Crippen molar-refractivity contribution in [3.05, 3.63) is 52.8 Å². The number of fused-ring (bicyclic) bond motifs is 2. The molecule has 2 aromatic heterocycles. The van der Waals surface area contributed by atoms with Crippen LogP contribution < -0.4 is 10.2 Å². The van der Waals surface area contributed by atoms with E-state index in [9.17, 15) is 5.26 Å². The van der Waals surface area contributed by atoms with E-state index in [1.165, 1.54) is 25.8 Å². The van der Waals surface area contributed by atoms with E-state index < -0.39 is 0 Å². The molecule has 7 heteroatoms. The molecule has 0 unspecified atom stereocenters. The normalized spacial score (nSPS) is 19.7. The standard InChI is InChI=1S/C26H31N7/c1-17-20(14-27)7-6-9-22(17)18(2)29-26-23-13-25(28-15-24(23)19(3)30-31-26)33-12-11-32-10-5-4-8-21(32)16-33/h6-7,9,13,15,18,21H,4-5,8,10-12,16H2,1-3H3,(H,29,31)/t18-,21-/m1/s1. The number of piperazine rings is 1. The average Bonchev–Trinajstić information content (AvgIpc) is 2.85. The van der Waals surface area contributed by atoms with Crippen molar-refractivity contribution in [2.45, 2.75) is 52.1 Å². The maximum atomic E-state index is 9.41. The van der Waals surface area contributed by atoms with Crippen LogP contribution in [0.4, 0.5) is 11.6 Å². The van der Waals surface area contributed by atoms with Gasteiger partial charge in [-0.3, -0.25) is 4.90 Å². The number of benzene rings is 1. The highest BCUT2D eigenvalue weighted by Gasteiger charge is 2.29. The second-order valence-corrected chi connectivity index (χ2v) is 9.35. The topological polar surface area (TPSA) is 81.0 Å². The number of piperidine rings is 1. The van der Waals surface area contributed by atoms with E-state index >= 15 is 0 Å². The van der Waals surface area contributed by atoms with Gasteiger partial charge < -0.3 is 10.2 Å². The number of nitrogens with zero attached hydrogens (tertiary/aromatic N) is 6. The molecule has 33 heavy (non-hydrogen) atoms. The summed E-state index contributed by atoms with van der Waals surface area (Å²) < 4.78 is 0. The lowest BCUT2D eigenvalue weighted by Crippen LogP contribution is -2.55. The van der Waals surface area contributed by atoms with Crippen LogP contribution in [0.2, 0.25) is 0 Å². The number of nitrogens with one attached hydrogen (secondary N) is 1. The molecule has 2 fully saturated rings. The highest BCUT2D eigenvalue weighted by molar-refractivity contribution is 5.94. The number of pyridine rings is 1. The molecule has 2 aliphatic heterocycles. The van der Waals surface area contributed by atoms with Crippen LogP contribution in [0.3, 0.4) is 0 Å². The lowest BCUT2D eigenvalue weighted by Gasteiger charge is -2.44. The summed E-state index contributed by atoms with van der Waals surface area (Å²) >= 11 is 0. The highest BCUT2D eigenvalue weighted by Crippen LogP contribution is 2.31. The van der Waals surface area contributed by atoms with Crippen LogP contribution >= 0.6 is 0 Å². The van der Waals surface area contributed by atoms with Gasteiger partial charge in [0.05, 0.1) is 23.4 Å². The van der Waals surface area contributed by atoms with E-state index in [1.807, 2.05) is 32.2 Å². The molecule has 1 aromatic carbocycles. The number of aromatic nitrogens is 3. The second-order valence-electron chi connectivity index (χ2n) is 9.35. The third kappa shape index (κ3) is 4.11. The molecule has 0 amide bonds. The first-order valence-corrected chi connectivity index (χ1v) is 11.9. The van der Waals surface area contributed by atoms with Gasteiger partial charge in [0.2, 0.25) is 0 Å². The van der Waals surface area contributed by atoms with E-state index in [-0.39, 0.29) is 6.04 Å². The van der Waals surface area contributed by atoms with Gasteiger partial charge in [-0.15, -0.1) is 5.10 Å². The third-order valence-electron chi connectivity index (χ3n) is 7.31. The van der Waals surface area contributed by atoms with Crippen LogP contribution in [0.25, 0.3) is 10.8 Å². The summed E-state index contributed by atoms with van der Waals surface area (Å²) in [6.07, 6.45) is 5.87. The van der Waals surface area contributed by atoms with Gasteiger partial charge in [0.25, 0.3) is 0 Å². The first-order chi connectivity index (χ1) is 16.0. The number of rotatable bonds is 4. The summed E-state index contributed by atoms with van der Waals surface area (Å²) in [5.41, 5.74) is 3.67. The smallest absolute Gasteiger partial charge is 0.157 e. The molecule has 170 valence electrons. The minimum atomic E-state index is -0.0131. The van der Waals surface area contributed by atoms with Crippen molar-refractivity contribution in [3.63, 3.8) is 0 Å². The number of hydrogen-bond donors (Lipinski definition) is 1. The van der Waals surface area contributed by atoms with E-state index in [1.54, 1.807) is 0 Å². The molecule has 7 nitrogen and oxygen atoms in total. The van der Waals surface area contributed by atoms with Gasteiger partial charge in [0.1, 0.15) is 5.82 Å². The average molecular weight is 442 g/mol. The van der Waals surface area contributed by atoms with Crippen molar-refractivity contribution >= 4 is 22.4 Å². The molecular formula is C26H31N7. The number of anilines is 2. The predicted molar refractivity (Wildman–Crippen MR) is 131 cm³/mol. The van der Waals surface area contributed by atoms with Crippen molar-refractivity contribution < 1.29 is 0 Å². The summed E-state index contributed by atoms with van der Waals surface area (Å²) in [7, 11) is 0. The summed E-state index contributed by atoms with van der Waals surface area (Å²) in [6, 6.07) is 10.9. The van der Waals surface area contributed by atoms with Crippen LogP contribution in [0, 0.1) is 25.2 Å². The summed E-state index contributed by atoms with van der Waals surface area (Å²) in [4.78, 5) is 9.89. The lowest BCUT2D eigenvalue weighted by atomic mass is 9.98. The SMILES string of the molecule is Cc1c(C#N)cccc1[C@@H](C)Nc1nnc(C)c2cnc(N3CCN4CCCC[C@@H]4C3)cc12. The van der Waals surface area contributed by atoms with Crippen molar-refractivity contribution in [1.29, 1.82) is 5.26 Å². The van der Waals surface area contributed by atoms with Crippen LogP contribution in [0.5, 0.6) is 0 Å². The van der Waals surface area contributed by atoms with Gasteiger partial charge >= 0.3 is 0 Å². The third-order valence-corrected chi connectivity index (χ3v) is 7.31. The maximum Gasteiger partial charge on any atom is 0.157 e. The van der Waals surface area contributed by atoms with Gasteiger partial charge in [-0.25, -0.2) is 4.98 Å². The van der Waals surface area contributed by atoms with Crippen LogP contribution in [-0.4, -0.2) is 52.3 Å². The molecule has 4 heterocycles. The molecule has 2 saturated heterocycles. The first kappa shape index (κ1) is 21.6. The Kier molecular flexibility index (Phi) is 5.86. The minimum Gasteiger partial charge on any atom is -0.362 e. The first-order valence-electron chi connectivity index (χ1n) is 11.9. The molecule has 1 N–H and O–H groups in total. The van der Waals surface area contributed by atoms with Crippen molar-refractivity contribution in [1.82, 2.24) is 20.1 Å². The molecule has 0 saturated carbocycles. The fraction of sp³-hybridized carbons (Fsp3) is 0.462. The van der Waals surface area contributed by atoms with Crippen LogP contribution in [-0.2, 0) is 0 Å². The van der Waals surface area contributed by atoms with E-state index in [4.69, 9.17) is 4.98 Å². The van der Waals surface area contributed by atoms with Crippen LogP contribution in [0.1, 0.15) is 54.6 Å². The lowest BCUT2D eigenvalue weighted by molar-refractivity contribution is 0.133. The van der Waals surface area contributed by atoms with Crippen molar-refractivity contribution in [2.75, 3.05) is 36.4 Å². The summed E-state index contributed by atoms with van der Waals surface area (Å²) in [5, 5.41) is 23.9. The van der Waals surface area contributed by atoms with Crippen molar-refractivity contribution in [3.8, 4) is 6.07 Å². The van der Waals surface area contributed by atoms with Crippen LogP contribution in [0.15, 0.2) is 30.5 Å². The minimum absolute atomic E-state index is 0.0131. The van der Waals surface area contributed by atoms with E-state index in [0.717, 1.165) is 58.9 Å².